The Morgan fingerprint density at radius 2 is 1.64 bits per heavy atom. The maximum Gasteiger partial charge on any atom is 0.262 e. The van der Waals surface area contributed by atoms with Crippen LogP contribution in [0.15, 0.2) is 53.6 Å². The monoisotopic (exact) mass is 383 g/mol. The minimum atomic E-state index is -0.840. The number of carbonyl (C=O) groups is 2. The highest BCUT2D eigenvalue weighted by atomic mass is 19.1. The lowest BCUT2D eigenvalue weighted by Crippen LogP contribution is -2.48. The van der Waals surface area contributed by atoms with Crippen LogP contribution in [0.5, 0.6) is 0 Å². The highest BCUT2D eigenvalue weighted by Gasteiger charge is 2.25. The molecule has 2 N–H and O–H groups in total. The first kappa shape index (κ1) is 21.3. The van der Waals surface area contributed by atoms with Crippen molar-refractivity contribution in [2.45, 2.75) is 39.7 Å². The first-order valence-corrected chi connectivity index (χ1v) is 9.28. The number of hydrogen-bond acceptors (Lipinski definition) is 3. The lowest BCUT2D eigenvalue weighted by atomic mass is 10.0. The van der Waals surface area contributed by atoms with Crippen molar-refractivity contribution in [3.8, 4) is 0 Å². The molecule has 0 aliphatic heterocycles. The van der Waals surface area contributed by atoms with Crippen molar-refractivity contribution < 1.29 is 14.0 Å². The molecule has 0 fully saturated rings. The lowest BCUT2D eigenvalue weighted by molar-refractivity contribution is -0.123. The predicted octanol–water partition coefficient (Wildman–Crippen LogP) is 3.85. The molecule has 1 unspecified atom stereocenters. The molecule has 0 saturated heterocycles. The average molecular weight is 383 g/mol. The molecule has 0 aromatic heterocycles. The van der Waals surface area contributed by atoms with E-state index in [0.717, 1.165) is 5.56 Å². The minimum absolute atomic E-state index is 0.102. The minimum Gasteiger partial charge on any atom is -0.340 e. The van der Waals surface area contributed by atoms with E-state index in [2.05, 4.69) is 29.7 Å². The number of nitrogens with one attached hydrogen (secondary N) is 2. The zero-order valence-electron chi connectivity index (χ0n) is 16.6. The summed E-state index contributed by atoms with van der Waals surface area (Å²) in [6, 6.07) is 12.7. The first-order chi connectivity index (χ1) is 13.3. The Bertz CT molecular complexity index is 845. The summed E-state index contributed by atoms with van der Waals surface area (Å²) >= 11 is 0. The zero-order valence-corrected chi connectivity index (χ0v) is 16.6. The fourth-order valence-electron chi connectivity index (χ4n) is 2.61. The molecular formula is C22H26FN3O2. The fourth-order valence-corrected chi connectivity index (χ4v) is 2.61. The quantitative estimate of drug-likeness (QED) is 0.563. The fraction of sp³-hybridized carbons (Fsp3) is 0.318. The number of amides is 2. The molecule has 0 aliphatic rings. The molecule has 28 heavy (non-hydrogen) atoms. The van der Waals surface area contributed by atoms with Crippen molar-refractivity contribution in [1.82, 2.24) is 10.7 Å². The van der Waals surface area contributed by atoms with Crippen molar-refractivity contribution in [1.29, 1.82) is 0 Å². The van der Waals surface area contributed by atoms with Crippen LogP contribution in [0, 0.1) is 11.7 Å². The van der Waals surface area contributed by atoms with E-state index in [1.807, 2.05) is 24.3 Å². The molecular weight excluding hydrogens is 357 g/mol. The standard InChI is InChI=1S/C22H26FN3O2/c1-14(2)17-11-9-16(10-12-17)13-24-26-22(28)20(15(3)4)25-21(27)18-7-5-6-8-19(18)23/h5-15,20H,1-4H3,(H,25,27)(H,26,28). The molecule has 0 spiro atoms. The Morgan fingerprint density at radius 3 is 2.21 bits per heavy atom. The van der Waals surface area contributed by atoms with E-state index in [0.29, 0.717) is 5.92 Å². The van der Waals surface area contributed by atoms with E-state index in [9.17, 15) is 14.0 Å². The zero-order chi connectivity index (χ0) is 20.7. The van der Waals surface area contributed by atoms with Gasteiger partial charge < -0.3 is 5.32 Å². The second kappa shape index (κ2) is 9.78. The highest BCUT2D eigenvalue weighted by molar-refractivity contribution is 5.98. The highest BCUT2D eigenvalue weighted by Crippen LogP contribution is 2.14. The topological polar surface area (TPSA) is 70.6 Å². The lowest BCUT2D eigenvalue weighted by Gasteiger charge is -2.20. The van der Waals surface area contributed by atoms with Crippen molar-refractivity contribution in [2.75, 3.05) is 0 Å². The molecule has 0 bridgehead atoms. The van der Waals surface area contributed by atoms with Gasteiger partial charge in [0.15, 0.2) is 0 Å². The molecule has 1 atom stereocenters. The number of carbonyl (C=O) groups excluding carboxylic acids is 2. The summed E-state index contributed by atoms with van der Waals surface area (Å²) in [6.07, 6.45) is 1.54. The Kier molecular flexibility index (Phi) is 7.44. The van der Waals surface area contributed by atoms with Crippen molar-refractivity contribution in [3.05, 3.63) is 71.0 Å². The molecule has 0 radical (unpaired) electrons. The summed E-state index contributed by atoms with van der Waals surface area (Å²) < 4.78 is 13.8. The molecule has 0 aliphatic carbocycles. The van der Waals surface area contributed by atoms with E-state index in [4.69, 9.17) is 0 Å². The van der Waals surface area contributed by atoms with Gasteiger partial charge in [-0.15, -0.1) is 0 Å². The number of halogens is 1. The second-order valence-corrected chi connectivity index (χ2v) is 7.23. The van der Waals surface area contributed by atoms with E-state index in [1.165, 1.54) is 30.0 Å². The summed E-state index contributed by atoms with van der Waals surface area (Å²) in [5.74, 6) is -1.49. The van der Waals surface area contributed by atoms with Crippen molar-refractivity contribution in [3.63, 3.8) is 0 Å². The molecule has 5 nitrogen and oxygen atoms in total. The number of nitrogens with zero attached hydrogens (tertiary/aromatic N) is 1. The van der Waals surface area contributed by atoms with Crippen LogP contribution in [0.1, 0.15) is 55.1 Å². The van der Waals surface area contributed by atoms with Gasteiger partial charge >= 0.3 is 0 Å². The normalized spacial score (nSPS) is 12.4. The molecule has 0 saturated carbocycles. The van der Waals surface area contributed by atoms with Crippen LogP contribution in [0.25, 0.3) is 0 Å². The van der Waals surface area contributed by atoms with Gasteiger partial charge in [-0.1, -0.05) is 64.1 Å². The van der Waals surface area contributed by atoms with Crippen molar-refractivity contribution >= 4 is 18.0 Å². The first-order valence-electron chi connectivity index (χ1n) is 9.28. The third-order valence-electron chi connectivity index (χ3n) is 4.35. The Balaban J connectivity index is 2.00. The van der Waals surface area contributed by atoms with Crippen molar-refractivity contribution in [2.24, 2.45) is 11.0 Å². The van der Waals surface area contributed by atoms with Gasteiger partial charge in [0.2, 0.25) is 0 Å². The van der Waals surface area contributed by atoms with Gasteiger partial charge in [0, 0.05) is 0 Å². The van der Waals surface area contributed by atoms with Gasteiger partial charge in [-0.3, -0.25) is 9.59 Å². The van der Waals surface area contributed by atoms with Gasteiger partial charge in [0.05, 0.1) is 11.8 Å². The molecule has 2 aromatic carbocycles. The van der Waals surface area contributed by atoms with E-state index < -0.39 is 23.7 Å². The third kappa shape index (κ3) is 5.74. The molecule has 2 rings (SSSR count). The van der Waals surface area contributed by atoms with Crippen LogP contribution in [0.3, 0.4) is 0 Å². The SMILES string of the molecule is CC(C)c1ccc(C=NNC(=O)C(NC(=O)c2ccccc2F)C(C)C)cc1. The summed E-state index contributed by atoms with van der Waals surface area (Å²) in [4.78, 5) is 24.7. The maximum absolute atomic E-state index is 13.8. The molecule has 2 amide bonds. The maximum atomic E-state index is 13.8. The van der Waals surface area contributed by atoms with Gasteiger partial charge in [-0.2, -0.15) is 5.10 Å². The van der Waals surface area contributed by atoms with Gasteiger partial charge in [0.1, 0.15) is 11.9 Å². The van der Waals surface area contributed by atoms with E-state index in [-0.39, 0.29) is 11.5 Å². The number of hydrazone groups is 1. The van der Waals surface area contributed by atoms with Crippen LogP contribution in [0.2, 0.25) is 0 Å². The number of benzene rings is 2. The van der Waals surface area contributed by atoms with Gasteiger partial charge in [-0.05, 0) is 35.1 Å². The van der Waals surface area contributed by atoms with Gasteiger partial charge in [0.25, 0.3) is 11.8 Å². The average Bonchev–Trinajstić information content (AvgIpc) is 2.66. The summed E-state index contributed by atoms with van der Waals surface area (Å²) in [6.45, 7) is 7.82. The summed E-state index contributed by atoms with van der Waals surface area (Å²) in [7, 11) is 0. The van der Waals surface area contributed by atoms with Crippen LogP contribution < -0.4 is 10.7 Å². The third-order valence-corrected chi connectivity index (χ3v) is 4.35. The predicted molar refractivity (Wildman–Crippen MR) is 109 cm³/mol. The van der Waals surface area contributed by atoms with Crippen LogP contribution in [-0.2, 0) is 4.79 Å². The molecule has 2 aromatic rings. The van der Waals surface area contributed by atoms with Crippen LogP contribution in [-0.4, -0.2) is 24.1 Å². The van der Waals surface area contributed by atoms with Gasteiger partial charge in [-0.25, -0.2) is 9.82 Å². The Labute approximate surface area is 165 Å². The van der Waals surface area contributed by atoms with Crippen LogP contribution in [0.4, 0.5) is 4.39 Å². The Morgan fingerprint density at radius 1 is 1.00 bits per heavy atom. The van der Waals surface area contributed by atoms with E-state index in [1.54, 1.807) is 19.9 Å². The molecule has 0 heterocycles. The summed E-state index contributed by atoms with van der Waals surface area (Å²) in [5, 5.41) is 6.54. The Hall–Kier alpha value is -3.02. The second-order valence-electron chi connectivity index (χ2n) is 7.23. The largest absolute Gasteiger partial charge is 0.340 e. The van der Waals surface area contributed by atoms with Crippen LogP contribution >= 0.6 is 0 Å². The smallest absolute Gasteiger partial charge is 0.262 e. The van der Waals surface area contributed by atoms with E-state index >= 15 is 0 Å². The number of hydrogen-bond donors (Lipinski definition) is 2. The summed E-state index contributed by atoms with van der Waals surface area (Å²) in [5.41, 5.74) is 4.41. The number of rotatable bonds is 7. The molecule has 6 heteroatoms. The molecule has 148 valence electrons.